The summed E-state index contributed by atoms with van der Waals surface area (Å²) in [7, 11) is 0. The molecule has 1 aromatic rings. The Labute approximate surface area is 118 Å². The molecule has 1 N–H and O–H groups in total. The Morgan fingerprint density at radius 1 is 1.25 bits per heavy atom. The molecule has 2 aliphatic heterocycles. The minimum atomic E-state index is -1.12. The van der Waals surface area contributed by atoms with Crippen molar-refractivity contribution in [3.8, 4) is 0 Å². The maximum atomic E-state index is 12.3. The van der Waals surface area contributed by atoms with Gasteiger partial charge in [0, 0.05) is 4.88 Å². The smallest absolute Gasteiger partial charge is 0.339 e. The number of amides is 2. The van der Waals surface area contributed by atoms with E-state index in [1.807, 2.05) is 0 Å². The normalized spacial score (nSPS) is 25.4. The number of carboxylic acid groups (broad SMARTS) is 1. The number of hydrogen-bond donors (Lipinski definition) is 1. The molecule has 0 saturated carbocycles. The average Bonchev–Trinajstić information content (AvgIpc) is 2.93. The highest BCUT2D eigenvalue weighted by Crippen LogP contribution is 2.40. The summed E-state index contributed by atoms with van der Waals surface area (Å²) in [5.41, 5.74) is 0.632. The zero-order chi connectivity index (χ0) is 14.6. The molecular weight excluding hydrogens is 282 g/mol. The molecule has 2 aliphatic rings. The monoisotopic (exact) mass is 295 g/mol. The van der Waals surface area contributed by atoms with E-state index in [0.717, 1.165) is 21.1 Å². The third-order valence-corrected chi connectivity index (χ3v) is 4.99. The number of hydrogen-bond acceptors (Lipinski definition) is 5. The van der Waals surface area contributed by atoms with E-state index < -0.39 is 30.0 Å². The molecule has 2 atom stereocenters. The zero-order valence-corrected chi connectivity index (χ0v) is 11.8. The highest BCUT2D eigenvalue weighted by atomic mass is 32.1. The zero-order valence-electron chi connectivity index (χ0n) is 11.0. The van der Waals surface area contributed by atoms with Crippen molar-refractivity contribution in [3.63, 3.8) is 0 Å². The van der Waals surface area contributed by atoms with E-state index in [9.17, 15) is 19.5 Å². The van der Waals surface area contributed by atoms with Gasteiger partial charge >= 0.3 is 5.97 Å². The largest absolute Gasteiger partial charge is 0.478 e. The molecule has 0 spiro atoms. The minimum absolute atomic E-state index is 0.0375. The maximum absolute atomic E-state index is 12.3. The van der Waals surface area contributed by atoms with Crippen LogP contribution in [0.3, 0.4) is 0 Å². The van der Waals surface area contributed by atoms with Crippen LogP contribution in [0.5, 0.6) is 0 Å². The van der Waals surface area contributed by atoms with Gasteiger partial charge in [-0.1, -0.05) is 0 Å². The van der Waals surface area contributed by atoms with Crippen molar-refractivity contribution >= 4 is 34.1 Å². The van der Waals surface area contributed by atoms with Crippen molar-refractivity contribution in [2.75, 3.05) is 4.90 Å². The molecule has 2 saturated heterocycles. The maximum Gasteiger partial charge on any atom is 0.339 e. The van der Waals surface area contributed by atoms with Crippen molar-refractivity contribution in [2.45, 2.75) is 38.9 Å². The first-order valence-corrected chi connectivity index (χ1v) is 7.10. The van der Waals surface area contributed by atoms with Gasteiger partial charge < -0.3 is 9.84 Å². The standard InChI is InChI=1S/C13H13NO5S/c1-5-6(2)20-12(9(5)13(17)18)14-10(15)7-3-4-8(19-7)11(14)16/h7-8H,3-4H2,1-2H3,(H,17,18). The van der Waals surface area contributed by atoms with Crippen LogP contribution in [-0.4, -0.2) is 35.1 Å². The van der Waals surface area contributed by atoms with Gasteiger partial charge in [0.15, 0.2) is 0 Å². The van der Waals surface area contributed by atoms with Crippen LogP contribution in [0.15, 0.2) is 0 Å². The number of morpholine rings is 1. The molecule has 20 heavy (non-hydrogen) atoms. The third kappa shape index (κ3) is 1.70. The molecule has 0 aromatic carbocycles. The summed E-state index contributed by atoms with van der Waals surface area (Å²) < 4.78 is 5.33. The van der Waals surface area contributed by atoms with Crippen molar-refractivity contribution in [2.24, 2.45) is 0 Å². The molecular formula is C13H13NO5S. The van der Waals surface area contributed by atoms with E-state index in [-0.39, 0.29) is 10.6 Å². The first kappa shape index (κ1) is 13.3. The van der Waals surface area contributed by atoms with Gasteiger partial charge in [-0.3, -0.25) is 9.59 Å². The predicted molar refractivity (Wildman–Crippen MR) is 71.1 cm³/mol. The van der Waals surface area contributed by atoms with Crippen molar-refractivity contribution < 1.29 is 24.2 Å². The SMILES string of the molecule is Cc1sc(N2C(=O)C3CCC(O3)C2=O)c(C(=O)O)c1C. The molecule has 2 amide bonds. The average molecular weight is 295 g/mol. The van der Waals surface area contributed by atoms with Crippen LogP contribution in [-0.2, 0) is 14.3 Å². The van der Waals surface area contributed by atoms with Crippen LogP contribution in [0.4, 0.5) is 5.00 Å². The summed E-state index contributed by atoms with van der Waals surface area (Å²) in [6.07, 6.45) is -0.223. The van der Waals surface area contributed by atoms with E-state index in [1.165, 1.54) is 0 Å². The van der Waals surface area contributed by atoms with E-state index in [4.69, 9.17) is 4.74 Å². The Bertz CT molecular complexity index is 613. The molecule has 0 radical (unpaired) electrons. The summed E-state index contributed by atoms with van der Waals surface area (Å²) >= 11 is 1.16. The second-order valence-electron chi connectivity index (χ2n) is 4.97. The van der Waals surface area contributed by atoms with Crippen LogP contribution in [0.1, 0.15) is 33.6 Å². The van der Waals surface area contributed by atoms with Gasteiger partial charge in [-0.2, -0.15) is 0 Å². The quantitative estimate of drug-likeness (QED) is 0.836. The van der Waals surface area contributed by atoms with Gasteiger partial charge in [0.05, 0.1) is 5.56 Å². The first-order chi connectivity index (χ1) is 9.41. The number of carbonyl (C=O) groups excluding carboxylic acids is 2. The van der Waals surface area contributed by atoms with Gasteiger partial charge in [-0.05, 0) is 32.3 Å². The van der Waals surface area contributed by atoms with Crippen LogP contribution < -0.4 is 4.90 Å². The van der Waals surface area contributed by atoms with Gasteiger partial charge in [0.25, 0.3) is 11.8 Å². The molecule has 2 fully saturated rings. The van der Waals surface area contributed by atoms with Gasteiger partial charge in [-0.15, -0.1) is 11.3 Å². The van der Waals surface area contributed by atoms with Crippen LogP contribution >= 0.6 is 11.3 Å². The number of imide groups is 1. The molecule has 3 rings (SSSR count). The fourth-order valence-electron chi connectivity index (χ4n) is 2.62. The summed E-state index contributed by atoms with van der Waals surface area (Å²) in [6, 6.07) is 0. The Hall–Kier alpha value is -1.73. The summed E-state index contributed by atoms with van der Waals surface area (Å²) in [4.78, 5) is 37.8. The van der Waals surface area contributed by atoms with Gasteiger partial charge in [0.1, 0.15) is 17.2 Å². The van der Waals surface area contributed by atoms with E-state index in [2.05, 4.69) is 0 Å². The number of thiophene rings is 1. The second kappa shape index (κ2) is 4.39. The third-order valence-electron chi connectivity index (χ3n) is 3.79. The minimum Gasteiger partial charge on any atom is -0.478 e. The molecule has 1 aromatic heterocycles. The Kier molecular flexibility index (Phi) is 2.91. The number of rotatable bonds is 2. The lowest BCUT2D eigenvalue weighted by molar-refractivity contribution is -0.146. The second-order valence-corrected chi connectivity index (χ2v) is 6.17. The molecule has 0 aliphatic carbocycles. The molecule has 106 valence electrons. The molecule has 2 bridgehead atoms. The molecule has 6 nitrogen and oxygen atoms in total. The molecule has 3 heterocycles. The topological polar surface area (TPSA) is 83.9 Å². The molecule has 2 unspecified atom stereocenters. The van der Waals surface area contributed by atoms with E-state index >= 15 is 0 Å². The number of nitrogens with zero attached hydrogens (tertiary/aromatic N) is 1. The van der Waals surface area contributed by atoms with Crippen molar-refractivity contribution in [3.05, 3.63) is 16.0 Å². The lowest BCUT2D eigenvalue weighted by atomic mass is 10.1. The number of aryl methyl sites for hydroxylation is 1. The van der Waals surface area contributed by atoms with Crippen LogP contribution in [0.25, 0.3) is 0 Å². The lowest BCUT2D eigenvalue weighted by Crippen LogP contribution is -2.52. The number of aromatic carboxylic acids is 1. The highest BCUT2D eigenvalue weighted by Gasteiger charge is 2.48. The molecule has 7 heteroatoms. The van der Waals surface area contributed by atoms with Gasteiger partial charge in [0.2, 0.25) is 0 Å². The number of ether oxygens (including phenoxy) is 1. The number of fused-ring (bicyclic) bond motifs is 2. The van der Waals surface area contributed by atoms with E-state index in [1.54, 1.807) is 13.8 Å². The Balaban J connectivity index is 2.13. The summed E-state index contributed by atoms with van der Waals surface area (Å²) in [5.74, 6) is -2.03. The van der Waals surface area contributed by atoms with Crippen molar-refractivity contribution in [1.29, 1.82) is 0 Å². The van der Waals surface area contributed by atoms with E-state index in [0.29, 0.717) is 18.4 Å². The van der Waals surface area contributed by atoms with Crippen LogP contribution in [0, 0.1) is 13.8 Å². The first-order valence-electron chi connectivity index (χ1n) is 6.28. The fourth-order valence-corrected chi connectivity index (χ4v) is 3.77. The van der Waals surface area contributed by atoms with Gasteiger partial charge in [-0.25, -0.2) is 9.69 Å². The van der Waals surface area contributed by atoms with Crippen LogP contribution in [0.2, 0.25) is 0 Å². The van der Waals surface area contributed by atoms with Crippen molar-refractivity contribution in [1.82, 2.24) is 0 Å². The summed E-state index contributed by atoms with van der Waals surface area (Å²) in [6.45, 7) is 3.46. The Morgan fingerprint density at radius 3 is 2.30 bits per heavy atom. The fraction of sp³-hybridized carbons (Fsp3) is 0.462. The Morgan fingerprint density at radius 2 is 1.80 bits per heavy atom. The highest BCUT2D eigenvalue weighted by molar-refractivity contribution is 7.17. The summed E-state index contributed by atoms with van der Waals surface area (Å²) in [5, 5.41) is 9.55. The number of carboxylic acids is 1. The number of anilines is 1. The lowest BCUT2D eigenvalue weighted by Gasteiger charge is -2.29. The predicted octanol–water partition coefficient (Wildman–Crippen LogP) is 1.48. The number of carbonyl (C=O) groups is 3.